The van der Waals surface area contributed by atoms with Crippen LogP contribution < -0.4 is 4.43 Å². The average molecular weight is 338 g/mol. The maximum absolute atomic E-state index is 10.8. The quantitative estimate of drug-likeness (QED) is 0.255. The van der Waals surface area contributed by atoms with Gasteiger partial charge < -0.3 is 4.43 Å². The monoisotopic (exact) mass is 337 g/mol. The Kier molecular flexibility index (Phi) is 8.92. The van der Waals surface area contributed by atoms with Gasteiger partial charge in [-0.05, 0) is 30.3 Å². The number of nitrogens with zero attached hydrogens (tertiary/aromatic N) is 1. The highest BCUT2D eigenvalue weighted by Crippen LogP contribution is 2.32. The summed E-state index contributed by atoms with van der Waals surface area (Å²) < 4.78 is 6.56. The van der Waals surface area contributed by atoms with E-state index in [0.29, 0.717) is 0 Å². The molecule has 5 heteroatoms. The molecule has 0 spiro atoms. The van der Waals surface area contributed by atoms with Crippen LogP contribution in [-0.2, 0) is 0 Å². The number of hydrogen-bond acceptors (Lipinski definition) is 3. The number of non-ortho nitro benzene ring substituents is 1. The van der Waals surface area contributed by atoms with Crippen molar-refractivity contribution >= 4 is 14.0 Å². The molecule has 0 aliphatic rings. The van der Waals surface area contributed by atoms with Crippen LogP contribution in [0.2, 0.25) is 18.1 Å². The van der Waals surface area contributed by atoms with Gasteiger partial charge in [-0.25, -0.2) is 0 Å². The van der Waals surface area contributed by atoms with Gasteiger partial charge in [0.1, 0.15) is 5.75 Å². The first-order valence-corrected chi connectivity index (χ1v) is 11.5. The molecule has 0 aromatic heterocycles. The number of rotatable bonds is 12. The third kappa shape index (κ3) is 6.73. The van der Waals surface area contributed by atoms with E-state index >= 15 is 0 Å². The summed E-state index contributed by atoms with van der Waals surface area (Å²) in [5, 5.41) is 10.8. The second-order valence-corrected chi connectivity index (χ2v) is 10.4. The summed E-state index contributed by atoms with van der Waals surface area (Å²) in [7, 11) is -1.81. The molecule has 0 aliphatic heterocycles. The molecule has 4 nitrogen and oxygen atoms in total. The first-order valence-electron chi connectivity index (χ1n) is 9.00. The summed E-state index contributed by atoms with van der Waals surface area (Å²) in [6.07, 6.45) is 7.22. The standard InChI is InChI=1S/C18H31NO3Si/c1-4-7-14-23(15-8-5-2,16-9-6-3)22-18-12-10-17(11-13-18)19(20)21/h10-13H,4-9,14-16H2,1-3H3. The fourth-order valence-electron chi connectivity index (χ4n) is 2.91. The molecule has 0 saturated carbocycles. The molecule has 0 atom stereocenters. The summed E-state index contributed by atoms with van der Waals surface area (Å²) in [4.78, 5) is 10.4. The largest absolute Gasteiger partial charge is 0.543 e. The SMILES string of the molecule is CCCC[Si](CCCC)(CCCC)Oc1ccc([N+](=O)[O-])cc1. The van der Waals surface area contributed by atoms with Crippen LogP contribution in [0.25, 0.3) is 0 Å². The fourth-order valence-corrected chi connectivity index (χ4v) is 7.60. The number of hydrogen-bond donors (Lipinski definition) is 0. The van der Waals surface area contributed by atoms with Crippen LogP contribution in [0.15, 0.2) is 24.3 Å². The van der Waals surface area contributed by atoms with Crippen molar-refractivity contribution in [3.8, 4) is 5.75 Å². The van der Waals surface area contributed by atoms with Gasteiger partial charge in [-0.1, -0.05) is 59.3 Å². The van der Waals surface area contributed by atoms with Gasteiger partial charge in [0.05, 0.1) is 4.92 Å². The van der Waals surface area contributed by atoms with Crippen LogP contribution in [0.1, 0.15) is 59.3 Å². The Bertz CT molecular complexity index is 440. The van der Waals surface area contributed by atoms with Gasteiger partial charge >= 0.3 is 0 Å². The van der Waals surface area contributed by atoms with E-state index in [2.05, 4.69) is 20.8 Å². The highest BCUT2D eigenvalue weighted by atomic mass is 28.4. The van der Waals surface area contributed by atoms with Gasteiger partial charge in [-0.3, -0.25) is 10.1 Å². The first kappa shape index (κ1) is 19.7. The molecule has 130 valence electrons. The van der Waals surface area contributed by atoms with E-state index < -0.39 is 8.32 Å². The van der Waals surface area contributed by atoms with Crippen molar-refractivity contribution in [2.24, 2.45) is 0 Å². The van der Waals surface area contributed by atoms with E-state index in [1.165, 1.54) is 56.7 Å². The lowest BCUT2D eigenvalue weighted by molar-refractivity contribution is -0.384. The number of nitro benzene ring substituents is 1. The molecule has 0 heterocycles. The molecule has 0 bridgehead atoms. The summed E-state index contributed by atoms with van der Waals surface area (Å²) in [6, 6.07) is 10.2. The Hall–Kier alpha value is -1.36. The lowest BCUT2D eigenvalue weighted by Gasteiger charge is -2.32. The second kappa shape index (κ2) is 10.4. The Morgan fingerprint density at radius 3 is 1.70 bits per heavy atom. The number of unbranched alkanes of at least 4 members (excludes halogenated alkanes) is 3. The molecule has 0 radical (unpaired) electrons. The Balaban J connectivity index is 2.92. The van der Waals surface area contributed by atoms with Crippen molar-refractivity contribution in [3.05, 3.63) is 34.4 Å². The van der Waals surface area contributed by atoms with Crippen LogP contribution in [0, 0.1) is 10.1 Å². The third-order valence-electron chi connectivity index (χ3n) is 4.34. The molecule has 0 saturated heterocycles. The highest BCUT2D eigenvalue weighted by Gasteiger charge is 2.35. The molecule has 0 aliphatic carbocycles. The maximum Gasteiger partial charge on any atom is 0.269 e. The van der Waals surface area contributed by atoms with Crippen LogP contribution in [-0.4, -0.2) is 13.2 Å². The van der Waals surface area contributed by atoms with E-state index in [0.717, 1.165) is 5.75 Å². The predicted molar refractivity (Wildman–Crippen MR) is 98.6 cm³/mol. The van der Waals surface area contributed by atoms with E-state index in [4.69, 9.17) is 4.43 Å². The minimum absolute atomic E-state index is 0.125. The summed E-state index contributed by atoms with van der Waals surface area (Å²) in [5.41, 5.74) is 0.125. The van der Waals surface area contributed by atoms with Gasteiger partial charge in [0.25, 0.3) is 14.0 Å². The van der Waals surface area contributed by atoms with Crippen molar-refractivity contribution in [2.45, 2.75) is 77.4 Å². The van der Waals surface area contributed by atoms with Gasteiger partial charge in [0.15, 0.2) is 0 Å². The molecule has 0 fully saturated rings. The summed E-state index contributed by atoms with van der Waals surface area (Å²) in [5.74, 6) is 0.811. The Labute approximate surface area is 141 Å². The highest BCUT2D eigenvalue weighted by molar-refractivity contribution is 6.74. The number of nitro groups is 1. The molecule has 1 aromatic carbocycles. The summed E-state index contributed by atoms with van der Waals surface area (Å²) >= 11 is 0. The van der Waals surface area contributed by atoms with Crippen molar-refractivity contribution in [3.63, 3.8) is 0 Å². The fraction of sp³-hybridized carbons (Fsp3) is 0.667. The van der Waals surface area contributed by atoms with Crippen molar-refractivity contribution < 1.29 is 9.35 Å². The van der Waals surface area contributed by atoms with Crippen LogP contribution in [0.4, 0.5) is 5.69 Å². The lowest BCUT2D eigenvalue weighted by atomic mass is 10.3. The Morgan fingerprint density at radius 1 is 0.913 bits per heavy atom. The van der Waals surface area contributed by atoms with Crippen LogP contribution >= 0.6 is 0 Å². The smallest absolute Gasteiger partial charge is 0.269 e. The van der Waals surface area contributed by atoms with Crippen molar-refractivity contribution in [2.75, 3.05) is 0 Å². The normalized spacial score (nSPS) is 11.4. The van der Waals surface area contributed by atoms with Crippen LogP contribution in [0.5, 0.6) is 5.75 Å². The zero-order valence-corrected chi connectivity index (χ0v) is 15.8. The number of benzene rings is 1. The average Bonchev–Trinajstić information content (AvgIpc) is 2.56. The molecule has 1 aromatic rings. The zero-order valence-electron chi connectivity index (χ0n) is 14.8. The van der Waals surface area contributed by atoms with E-state index in [1.54, 1.807) is 24.3 Å². The van der Waals surface area contributed by atoms with Gasteiger partial charge in [-0.2, -0.15) is 0 Å². The lowest BCUT2D eigenvalue weighted by Crippen LogP contribution is -2.41. The molecule has 0 unspecified atom stereocenters. The van der Waals surface area contributed by atoms with E-state index in [1.807, 2.05) is 0 Å². The Morgan fingerprint density at radius 2 is 1.35 bits per heavy atom. The minimum atomic E-state index is -1.81. The summed E-state index contributed by atoms with van der Waals surface area (Å²) in [6.45, 7) is 6.68. The van der Waals surface area contributed by atoms with Gasteiger partial charge in [-0.15, -0.1) is 0 Å². The predicted octanol–water partition coefficient (Wildman–Crippen LogP) is 6.32. The topological polar surface area (TPSA) is 52.4 Å². The molecule has 1 rings (SSSR count). The molecule has 0 amide bonds. The van der Waals surface area contributed by atoms with Crippen molar-refractivity contribution in [1.82, 2.24) is 0 Å². The van der Waals surface area contributed by atoms with E-state index in [-0.39, 0.29) is 10.6 Å². The van der Waals surface area contributed by atoms with Gasteiger partial charge in [0.2, 0.25) is 0 Å². The zero-order chi connectivity index (χ0) is 17.1. The second-order valence-electron chi connectivity index (χ2n) is 6.35. The first-order chi connectivity index (χ1) is 11.1. The molecular weight excluding hydrogens is 306 g/mol. The molecular formula is C18H31NO3Si. The van der Waals surface area contributed by atoms with Gasteiger partial charge in [0, 0.05) is 12.1 Å². The third-order valence-corrected chi connectivity index (χ3v) is 8.80. The minimum Gasteiger partial charge on any atom is -0.543 e. The molecule has 0 N–H and O–H groups in total. The van der Waals surface area contributed by atoms with E-state index in [9.17, 15) is 10.1 Å². The van der Waals surface area contributed by atoms with Crippen molar-refractivity contribution in [1.29, 1.82) is 0 Å². The molecule has 23 heavy (non-hydrogen) atoms. The maximum atomic E-state index is 10.8. The van der Waals surface area contributed by atoms with Crippen LogP contribution in [0.3, 0.4) is 0 Å².